The number of nitrogens with zero attached hydrogens (tertiary/aromatic N) is 3. The number of nitriles is 1. The lowest BCUT2D eigenvalue weighted by atomic mass is 10.0. The highest BCUT2D eigenvalue weighted by atomic mass is 19.1. The second-order valence-electron chi connectivity index (χ2n) is 7.41. The molecular weight excluding hydrogens is 411 g/mol. The summed E-state index contributed by atoms with van der Waals surface area (Å²) in [5.41, 5.74) is 1.84. The maximum Gasteiger partial charge on any atom is 0.248 e. The molecule has 0 aliphatic carbocycles. The predicted octanol–water partition coefficient (Wildman–Crippen LogP) is 4.03. The van der Waals surface area contributed by atoms with Gasteiger partial charge in [-0.2, -0.15) is 5.26 Å². The Balaban J connectivity index is 1.41. The average molecular weight is 432 g/mol. The Kier molecular flexibility index (Phi) is 6.29. The van der Waals surface area contributed by atoms with Crippen molar-refractivity contribution < 1.29 is 18.7 Å². The van der Waals surface area contributed by atoms with Crippen LogP contribution in [0.2, 0.25) is 0 Å². The summed E-state index contributed by atoms with van der Waals surface area (Å²) in [4.78, 5) is 17.6. The van der Waals surface area contributed by atoms with Gasteiger partial charge < -0.3 is 19.7 Å². The van der Waals surface area contributed by atoms with Crippen LogP contribution in [0.25, 0.3) is 0 Å². The fourth-order valence-corrected chi connectivity index (χ4v) is 3.38. The minimum absolute atomic E-state index is 0.0128. The summed E-state index contributed by atoms with van der Waals surface area (Å²) in [6, 6.07) is 17.1. The highest BCUT2D eigenvalue weighted by Gasteiger charge is 2.25. The number of nitrogens with one attached hydrogen (secondary N) is 1. The monoisotopic (exact) mass is 432 g/mol. The zero-order valence-corrected chi connectivity index (χ0v) is 17.4. The average Bonchev–Trinajstić information content (AvgIpc) is 2.80. The largest absolute Gasteiger partial charge is 0.454 e. The lowest BCUT2D eigenvalue weighted by molar-refractivity contribution is -0.145. The maximum atomic E-state index is 14.6. The number of halogens is 1. The highest BCUT2D eigenvalue weighted by Crippen LogP contribution is 2.28. The van der Waals surface area contributed by atoms with Gasteiger partial charge in [-0.15, -0.1) is 0 Å². The Hall–Kier alpha value is -3.96. The molecular formula is C24H21FN4O3. The molecule has 3 aromatic rings. The molecule has 162 valence electrons. The molecule has 2 aromatic carbocycles. The van der Waals surface area contributed by atoms with Crippen LogP contribution in [0.3, 0.4) is 0 Å². The molecule has 0 radical (unpaired) electrons. The molecule has 1 amide bonds. The smallest absolute Gasteiger partial charge is 0.248 e. The number of likely N-dealkylation sites (N-methyl/N-ethyl adjacent to an activating group) is 1. The second-order valence-corrected chi connectivity index (χ2v) is 7.41. The molecule has 7 nitrogen and oxygen atoms in total. The zero-order chi connectivity index (χ0) is 22.5. The van der Waals surface area contributed by atoms with E-state index in [4.69, 9.17) is 14.7 Å². The fraction of sp³-hybridized carbons (Fsp3) is 0.208. The molecule has 1 aliphatic heterocycles. The van der Waals surface area contributed by atoms with Gasteiger partial charge in [0, 0.05) is 25.0 Å². The molecule has 1 fully saturated rings. The summed E-state index contributed by atoms with van der Waals surface area (Å²) in [6.07, 6.45) is 2.22. The van der Waals surface area contributed by atoms with Gasteiger partial charge in [0.2, 0.25) is 5.91 Å². The van der Waals surface area contributed by atoms with Gasteiger partial charge in [-0.3, -0.25) is 4.79 Å². The van der Waals surface area contributed by atoms with Crippen molar-refractivity contribution in [2.24, 2.45) is 0 Å². The zero-order valence-electron chi connectivity index (χ0n) is 17.4. The standard InChI is InChI=1S/C24H21FN4O3/c1-29-19(14-31-15-23(29)30)11-16-4-7-20(8-5-16)32-22-9-6-18(12-21(22)25)28-24-17(13-26)3-2-10-27-24/h2-10,12,19H,11,14-15H2,1H3,(H,27,28). The van der Waals surface area contributed by atoms with E-state index in [2.05, 4.69) is 10.3 Å². The van der Waals surface area contributed by atoms with Crippen molar-refractivity contribution in [1.82, 2.24) is 9.88 Å². The number of rotatable bonds is 6. The molecule has 8 heteroatoms. The summed E-state index contributed by atoms with van der Waals surface area (Å²) < 4.78 is 25.6. The van der Waals surface area contributed by atoms with Crippen LogP contribution in [-0.2, 0) is 16.0 Å². The minimum Gasteiger partial charge on any atom is -0.454 e. The van der Waals surface area contributed by atoms with Crippen LogP contribution < -0.4 is 10.1 Å². The number of carbonyl (C=O) groups excluding carboxylic acids is 1. The van der Waals surface area contributed by atoms with Crippen molar-refractivity contribution in [3.05, 3.63) is 77.7 Å². The van der Waals surface area contributed by atoms with Gasteiger partial charge >= 0.3 is 0 Å². The third-order valence-electron chi connectivity index (χ3n) is 5.22. The first-order valence-corrected chi connectivity index (χ1v) is 10.1. The van der Waals surface area contributed by atoms with Crippen LogP contribution in [0.4, 0.5) is 15.9 Å². The van der Waals surface area contributed by atoms with Crippen LogP contribution in [0.15, 0.2) is 60.8 Å². The van der Waals surface area contributed by atoms with E-state index in [1.807, 2.05) is 18.2 Å². The van der Waals surface area contributed by atoms with E-state index < -0.39 is 5.82 Å². The number of hydrogen-bond acceptors (Lipinski definition) is 6. The number of morpholine rings is 1. The van der Waals surface area contributed by atoms with E-state index in [0.29, 0.717) is 35.8 Å². The van der Waals surface area contributed by atoms with Gasteiger partial charge in [-0.1, -0.05) is 12.1 Å². The molecule has 1 aliphatic rings. The Morgan fingerprint density at radius 2 is 2.09 bits per heavy atom. The molecule has 0 bridgehead atoms. The van der Waals surface area contributed by atoms with E-state index >= 15 is 0 Å². The molecule has 0 saturated carbocycles. The lowest BCUT2D eigenvalue weighted by Gasteiger charge is -2.32. The maximum absolute atomic E-state index is 14.6. The first-order chi connectivity index (χ1) is 15.5. The molecule has 2 heterocycles. The van der Waals surface area contributed by atoms with Crippen molar-refractivity contribution in [3.8, 4) is 17.6 Å². The third-order valence-corrected chi connectivity index (χ3v) is 5.22. The summed E-state index contributed by atoms with van der Waals surface area (Å²) in [5.74, 6) is 0.355. The number of benzene rings is 2. The minimum atomic E-state index is -0.548. The van der Waals surface area contributed by atoms with Gasteiger partial charge in [-0.25, -0.2) is 9.37 Å². The van der Waals surface area contributed by atoms with Gasteiger partial charge in [-0.05, 0) is 48.4 Å². The predicted molar refractivity (Wildman–Crippen MR) is 116 cm³/mol. The molecule has 1 N–H and O–H groups in total. The number of amides is 1. The second kappa shape index (κ2) is 9.45. The van der Waals surface area contributed by atoms with Crippen LogP contribution in [0.5, 0.6) is 11.5 Å². The first-order valence-electron chi connectivity index (χ1n) is 10.1. The molecule has 0 spiro atoms. The van der Waals surface area contributed by atoms with Crippen LogP contribution in [0, 0.1) is 17.1 Å². The highest BCUT2D eigenvalue weighted by molar-refractivity contribution is 5.78. The van der Waals surface area contributed by atoms with Crippen LogP contribution in [-0.4, -0.2) is 42.1 Å². The van der Waals surface area contributed by atoms with Gasteiger partial charge in [0.15, 0.2) is 11.6 Å². The van der Waals surface area contributed by atoms with Gasteiger partial charge in [0.05, 0.1) is 18.2 Å². The van der Waals surface area contributed by atoms with Crippen LogP contribution in [0.1, 0.15) is 11.1 Å². The van der Waals surface area contributed by atoms with Crippen molar-refractivity contribution >= 4 is 17.4 Å². The molecule has 32 heavy (non-hydrogen) atoms. The molecule has 4 rings (SSSR count). The Labute approximate surface area is 185 Å². The van der Waals surface area contributed by atoms with E-state index in [0.717, 1.165) is 5.56 Å². The topological polar surface area (TPSA) is 87.5 Å². The quantitative estimate of drug-likeness (QED) is 0.633. The third kappa shape index (κ3) is 4.85. The van der Waals surface area contributed by atoms with Crippen molar-refractivity contribution in [2.75, 3.05) is 25.6 Å². The van der Waals surface area contributed by atoms with Crippen molar-refractivity contribution in [2.45, 2.75) is 12.5 Å². The normalized spacial score (nSPS) is 15.8. The van der Waals surface area contributed by atoms with E-state index in [1.54, 1.807) is 48.5 Å². The number of anilines is 2. The Bertz CT molecular complexity index is 1160. The van der Waals surface area contributed by atoms with Crippen LogP contribution >= 0.6 is 0 Å². The van der Waals surface area contributed by atoms with Crippen molar-refractivity contribution in [1.29, 1.82) is 5.26 Å². The lowest BCUT2D eigenvalue weighted by Crippen LogP contribution is -2.47. The number of ether oxygens (including phenoxy) is 2. The molecule has 1 saturated heterocycles. The first kappa shape index (κ1) is 21.3. The van der Waals surface area contributed by atoms with E-state index in [1.165, 1.54) is 12.1 Å². The number of pyridine rings is 1. The molecule has 1 unspecified atom stereocenters. The Morgan fingerprint density at radius 1 is 1.28 bits per heavy atom. The number of aromatic nitrogens is 1. The summed E-state index contributed by atoms with van der Waals surface area (Å²) in [5, 5.41) is 12.1. The number of hydrogen-bond donors (Lipinski definition) is 1. The van der Waals surface area contributed by atoms with Gasteiger partial charge in [0.25, 0.3) is 0 Å². The van der Waals surface area contributed by atoms with E-state index in [9.17, 15) is 9.18 Å². The number of carbonyl (C=O) groups is 1. The van der Waals surface area contributed by atoms with Gasteiger partial charge in [0.1, 0.15) is 24.2 Å². The van der Waals surface area contributed by atoms with Crippen molar-refractivity contribution in [3.63, 3.8) is 0 Å². The molecule has 1 atom stereocenters. The SMILES string of the molecule is CN1C(=O)COCC1Cc1ccc(Oc2ccc(Nc3ncccc3C#N)cc2F)cc1. The Morgan fingerprint density at radius 3 is 2.84 bits per heavy atom. The van der Waals surface area contributed by atoms with E-state index in [-0.39, 0.29) is 24.3 Å². The summed E-state index contributed by atoms with van der Waals surface area (Å²) >= 11 is 0. The fourth-order valence-electron chi connectivity index (χ4n) is 3.38. The summed E-state index contributed by atoms with van der Waals surface area (Å²) in [6.45, 7) is 0.626. The summed E-state index contributed by atoms with van der Waals surface area (Å²) in [7, 11) is 1.78. The molecule has 1 aromatic heterocycles.